The lowest BCUT2D eigenvalue weighted by atomic mass is 10.0. The molecule has 1 amide bonds. The van der Waals surface area contributed by atoms with E-state index in [2.05, 4.69) is 20.7 Å². The number of piperidine rings is 1. The molecule has 7 nitrogen and oxygen atoms in total. The Morgan fingerprint density at radius 2 is 2.23 bits per heavy atom. The van der Waals surface area contributed by atoms with Crippen molar-refractivity contribution in [3.63, 3.8) is 0 Å². The first-order valence-corrected chi connectivity index (χ1v) is 11.0. The van der Waals surface area contributed by atoms with Gasteiger partial charge in [-0.3, -0.25) is 9.78 Å². The molecule has 0 aromatic carbocycles. The van der Waals surface area contributed by atoms with Crippen molar-refractivity contribution in [2.75, 3.05) is 13.1 Å². The van der Waals surface area contributed by atoms with Crippen LogP contribution in [0.2, 0.25) is 0 Å². The summed E-state index contributed by atoms with van der Waals surface area (Å²) in [6.45, 7) is 1.66. The number of hydrogen-bond donors (Lipinski definition) is 2. The van der Waals surface area contributed by atoms with Gasteiger partial charge in [-0.05, 0) is 49.0 Å². The maximum Gasteiger partial charge on any atom is 0.251 e. The third kappa shape index (κ3) is 3.83. The third-order valence-electron chi connectivity index (χ3n) is 5.36. The molecule has 2 N–H and O–H groups in total. The van der Waals surface area contributed by atoms with Gasteiger partial charge >= 0.3 is 0 Å². The summed E-state index contributed by atoms with van der Waals surface area (Å²) in [5.74, 6) is -0.0882. The molecular weight excluding hydrogens is 396 g/mol. The SMILES string of the molecule is O=C(NCC1CCCCN1)c1ccnc(-c2cnn3ccc(-c4cccs4)nc23)c1. The number of fused-ring (bicyclic) bond motifs is 1. The fraction of sp³-hybridized carbons (Fsp3) is 0.273. The van der Waals surface area contributed by atoms with Gasteiger partial charge in [-0.1, -0.05) is 12.5 Å². The van der Waals surface area contributed by atoms with Crippen LogP contribution in [0.4, 0.5) is 0 Å². The van der Waals surface area contributed by atoms with E-state index in [0.29, 0.717) is 23.8 Å². The Morgan fingerprint density at radius 1 is 1.27 bits per heavy atom. The van der Waals surface area contributed by atoms with Crippen molar-refractivity contribution in [3.8, 4) is 21.8 Å². The standard InChI is InChI=1S/C22H22N6OS/c29-22(25-13-16-4-1-2-8-23-16)15-6-9-24-19(12-15)17-14-26-28-10-7-18(27-21(17)28)20-5-3-11-30-20/h3,5-7,9-12,14,16,23H,1-2,4,8,13H2,(H,25,29). The highest BCUT2D eigenvalue weighted by atomic mass is 32.1. The summed E-state index contributed by atoms with van der Waals surface area (Å²) in [5.41, 5.74) is 3.69. The van der Waals surface area contributed by atoms with Crippen LogP contribution in [0, 0.1) is 0 Å². The molecule has 4 aromatic rings. The molecule has 4 aromatic heterocycles. The van der Waals surface area contributed by atoms with Crippen LogP contribution in [-0.2, 0) is 0 Å². The normalized spacial score (nSPS) is 16.6. The molecule has 1 saturated heterocycles. The second-order valence-electron chi connectivity index (χ2n) is 7.40. The van der Waals surface area contributed by atoms with E-state index in [1.54, 1.807) is 40.4 Å². The highest BCUT2D eigenvalue weighted by Gasteiger charge is 2.16. The number of carbonyl (C=O) groups is 1. The second-order valence-corrected chi connectivity index (χ2v) is 8.35. The first kappa shape index (κ1) is 18.9. The van der Waals surface area contributed by atoms with Gasteiger partial charge in [0.2, 0.25) is 0 Å². The molecule has 0 spiro atoms. The molecule has 1 aliphatic heterocycles. The zero-order valence-corrected chi connectivity index (χ0v) is 17.2. The van der Waals surface area contributed by atoms with Gasteiger partial charge in [-0.25, -0.2) is 9.50 Å². The molecule has 30 heavy (non-hydrogen) atoms. The maximum absolute atomic E-state index is 12.7. The molecule has 8 heteroatoms. The van der Waals surface area contributed by atoms with Gasteiger partial charge in [0, 0.05) is 30.5 Å². The van der Waals surface area contributed by atoms with E-state index in [-0.39, 0.29) is 5.91 Å². The molecule has 152 valence electrons. The number of rotatable bonds is 5. The highest BCUT2D eigenvalue weighted by molar-refractivity contribution is 7.13. The lowest BCUT2D eigenvalue weighted by molar-refractivity contribution is 0.0947. The Morgan fingerprint density at radius 3 is 3.07 bits per heavy atom. The van der Waals surface area contributed by atoms with Crippen molar-refractivity contribution in [1.82, 2.24) is 30.2 Å². The highest BCUT2D eigenvalue weighted by Crippen LogP contribution is 2.27. The maximum atomic E-state index is 12.7. The van der Waals surface area contributed by atoms with E-state index >= 15 is 0 Å². The van der Waals surface area contributed by atoms with Gasteiger partial charge in [-0.2, -0.15) is 5.10 Å². The molecule has 0 radical (unpaired) electrons. The molecule has 1 aliphatic rings. The summed E-state index contributed by atoms with van der Waals surface area (Å²) < 4.78 is 1.73. The quantitative estimate of drug-likeness (QED) is 0.519. The third-order valence-corrected chi connectivity index (χ3v) is 6.25. The van der Waals surface area contributed by atoms with E-state index in [4.69, 9.17) is 4.98 Å². The van der Waals surface area contributed by atoms with Gasteiger partial charge in [0.05, 0.1) is 28.0 Å². The molecule has 1 atom stereocenters. The zero-order chi connectivity index (χ0) is 20.3. The minimum atomic E-state index is -0.0882. The molecule has 0 bridgehead atoms. The van der Waals surface area contributed by atoms with Gasteiger partial charge in [0.15, 0.2) is 5.65 Å². The van der Waals surface area contributed by atoms with Crippen LogP contribution in [0.1, 0.15) is 29.6 Å². The predicted molar refractivity (Wildman–Crippen MR) is 118 cm³/mol. The predicted octanol–water partition coefficient (Wildman–Crippen LogP) is 3.39. The fourth-order valence-electron chi connectivity index (χ4n) is 3.75. The number of nitrogens with one attached hydrogen (secondary N) is 2. The van der Waals surface area contributed by atoms with E-state index in [9.17, 15) is 4.79 Å². The summed E-state index contributed by atoms with van der Waals surface area (Å²) in [6, 6.07) is 9.90. The number of carbonyl (C=O) groups excluding carboxylic acids is 1. The average Bonchev–Trinajstić information content (AvgIpc) is 3.48. The monoisotopic (exact) mass is 418 g/mol. The van der Waals surface area contributed by atoms with Crippen molar-refractivity contribution < 1.29 is 4.79 Å². The lowest BCUT2D eigenvalue weighted by Gasteiger charge is -2.23. The number of thiophene rings is 1. The molecule has 5 heterocycles. The molecular formula is C22H22N6OS. The minimum Gasteiger partial charge on any atom is -0.350 e. The van der Waals surface area contributed by atoms with Gasteiger partial charge in [-0.15, -0.1) is 11.3 Å². The van der Waals surface area contributed by atoms with Crippen LogP contribution in [0.3, 0.4) is 0 Å². The molecule has 0 aliphatic carbocycles. The second kappa shape index (κ2) is 8.33. The van der Waals surface area contributed by atoms with Gasteiger partial charge in [0.25, 0.3) is 5.91 Å². The van der Waals surface area contributed by atoms with Crippen LogP contribution >= 0.6 is 11.3 Å². The number of amides is 1. The summed E-state index contributed by atoms with van der Waals surface area (Å²) >= 11 is 1.65. The van der Waals surface area contributed by atoms with Crippen molar-refractivity contribution in [3.05, 3.63) is 59.9 Å². The average molecular weight is 419 g/mol. The zero-order valence-electron chi connectivity index (χ0n) is 16.4. The van der Waals surface area contributed by atoms with Crippen molar-refractivity contribution in [1.29, 1.82) is 0 Å². The van der Waals surface area contributed by atoms with Crippen LogP contribution in [0.15, 0.2) is 54.3 Å². The lowest BCUT2D eigenvalue weighted by Crippen LogP contribution is -2.43. The number of nitrogens with zero attached hydrogens (tertiary/aromatic N) is 4. The Balaban J connectivity index is 1.40. The van der Waals surface area contributed by atoms with Crippen LogP contribution in [0.5, 0.6) is 0 Å². The Bertz CT molecular complexity index is 1160. The van der Waals surface area contributed by atoms with Crippen LogP contribution in [-0.4, -0.2) is 44.6 Å². The first-order valence-electron chi connectivity index (χ1n) is 10.1. The first-order chi connectivity index (χ1) is 14.8. The van der Waals surface area contributed by atoms with Gasteiger partial charge < -0.3 is 10.6 Å². The summed E-state index contributed by atoms with van der Waals surface area (Å²) in [7, 11) is 0. The van der Waals surface area contributed by atoms with E-state index in [1.807, 2.05) is 29.8 Å². The Hall–Kier alpha value is -3.10. The van der Waals surface area contributed by atoms with E-state index in [1.165, 1.54) is 12.8 Å². The molecule has 0 saturated carbocycles. The minimum absolute atomic E-state index is 0.0882. The topological polar surface area (TPSA) is 84.2 Å². The van der Waals surface area contributed by atoms with E-state index < -0.39 is 0 Å². The largest absolute Gasteiger partial charge is 0.350 e. The summed E-state index contributed by atoms with van der Waals surface area (Å²) in [5, 5.41) is 12.9. The number of aromatic nitrogens is 4. The summed E-state index contributed by atoms with van der Waals surface area (Å²) in [6.07, 6.45) is 8.82. The smallest absolute Gasteiger partial charge is 0.251 e. The fourth-order valence-corrected chi connectivity index (χ4v) is 4.44. The van der Waals surface area contributed by atoms with Crippen molar-refractivity contribution >= 4 is 22.9 Å². The molecule has 5 rings (SSSR count). The summed E-state index contributed by atoms with van der Waals surface area (Å²) in [4.78, 5) is 23.0. The Kier molecular flexibility index (Phi) is 5.25. The van der Waals surface area contributed by atoms with E-state index in [0.717, 1.165) is 34.7 Å². The number of hydrogen-bond acceptors (Lipinski definition) is 6. The molecule has 1 fully saturated rings. The van der Waals surface area contributed by atoms with Crippen LogP contribution in [0.25, 0.3) is 27.5 Å². The van der Waals surface area contributed by atoms with Crippen molar-refractivity contribution in [2.24, 2.45) is 0 Å². The Labute approximate surface area is 178 Å². The molecule has 1 unspecified atom stereocenters. The number of pyridine rings is 1. The van der Waals surface area contributed by atoms with Gasteiger partial charge in [0.1, 0.15) is 0 Å². The van der Waals surface area contributed by atoms with Crippen molar-refractivity contribution in [2.45, 2.75) is 25.3 Å². The van der Waals surface area contributed by atoms with Crippen LogP contribution < -0.4 is 10.6 Å².